The number of amides is 2. The molecule has 3 aliphatic heterocycles. The van der Waals surface area contributed by atoms with E-state index >= 15 is 0 Å². The summed E-state index contributed by atoms with van der Waals surface area (Å²) in [4.78, 5) is 33.1. The van der Waals surface area contributed by atoms with E-state index < -0.39 is 0 Å². The molecule has 3 aliphatic rings. The number of rotatable bonds is 6. The van der Waals surface area contributed by atoms with Crippen LogP contribution in [0.3, 0.4) is 0 Å². The molecule has 0 aliphatic carbocycles. The Balaban J connectivity index is 1.27. The standard InChI is InChI=1S/C27H36FN5O2/c1-17-29-26-16-31(19(3)35)11-10-27(26)33(17)24-14-22-7-8-23(15-24)32(22)12-9-25(30-18(2)34)20-5-4-6-21(28)13-20/h4-6,13,22-25H,7-12,14-16H2,1-3H3,(H,30,34)/t22-,23+,24+,25-/m0/s1. The number of imidazole rings is 1. The number of nitrogens with one attached hydrogen (secondary N) is 1. The van der Waals surface area contributed by atoms with Crippen molar-refractivity contribution in [2.24, 2.45) is 0 Å². The van der Waals surface area contributed by atoms with Crippen LogP contribution in [0.5, 0.6) is 0 Å². The molecule has 2 saturated heterocycles. The van der Waals surface area contributed by atoms with Crippen molar-refractivity contribution < 1.29 is 14.0 Å². The van der Waals surface area contributed by atoms with Crippen molar-refractivity contribution in [3.05, 3.63) is 52.9 Å². The van der Waals surface area contributed by atoms with Crippen LogP contribution < -0.4 is 5.32 Å². The van der Waals surface area contributed by atoms with Gasteiger partial charge in [0.05, 0.1) is 18.3 Å². The summed E-state index contributed by atoms with van der Waals surface area (Å²) in [7, 11) is 0. The van der Waals surface area contributed by atoms with Gasteiger partial charge in [0, 0.05) is 57.2 Å². The Kier molecular flexibility index (Phi) is 6.66. The van der Waals surface area contributed by atoms with Crippen LogP contribution >= 0.6 is 0 Å². The lowest BCUT2D eigenvalue weighted by Crippen LogP contribution is -2.45. The van der Waals surface area contributed by atoms with E-state index in [-0.39, 0.29) is 23.7 Å². The third kappa shape index (κ3) is 4.85. The largest absolute Gasteiger partial charge is 0.349 e. The van der Waals surface area contributed by atoms with Crippen molar-refractivity contribution in [2.45, 2.75) is 90.0 Å². The first-order chi connectivity index (χ1) is 16.8. The fraction of sp³-hybridized carbons (Fsp3) is 0.593. The normalized spacial score (nSPS) is 24.8. The summed E-state index contributed by atoms with van der Waals surface area (Å²) in [5.74, 6) is 0.814. The number of fused-ring (bicyclic) bond motifs is 3. The third-order valence-electron chi connectivity index (χ3n) is 8.20. The first kappa shape index (κ1) is 24.0. The predicted molar refractivity (Wildman–Crippen MR) is 131 cm³/mol. The summed E-state index contributed by atoms with van der Waals surface area (Å²) in [6, 6.07) is 7.85. The maximum absolute atomic E-state index is 13.8. The molecule has 0 spiro atoms. The van der Waals surface area contributed by atoms with Crippen LogP contribution in [0.4, 0.5) is 4.39 Å². The molecule has 188 valence electrons. The van der Waals surface area contributed by atoms with Crippen molar-refractivity contribution in [1.82, 2.24) is 24.7 Å². The number of carbonyl (C=O) groups is 2. The predicted octanol–water partition coefficient (Wildman–Crippen LogP) is 3.67. The zero-order chi connectivity index (χ0) is 24.7. The number of aryl methyl sites for hydroxylation is 1. The molecule has 2 aromatic rings. The number of piperidine rings is 1. The van der Waals surface area contributed by atoms with Gasteiger partial charge < -0.3 is 14.8 Å². The van der Waals surface area contributed by atoms with Gasteiger partial charge in [0.15, 0.2) is 0 Å². The molecule has 1 aromatic heterocycles. The second-order valence-electron chi connectivity index (χ2n) is 10.5. The van der Waals surface area contributed by atoms with E-state index in [1.807, 2.05) is 11.0 Å². The van der Waals surface area contributed by atoms with Gasteiger partial charge in [-0.05, 0) is 56.7 Å². The average Bonchev–Trinajstić information content (AvgIpc) is 3.26. The van der Waals surface area contributed by atoms with Gasteiger partial charge >= 0.3 is 0 Å². The minimum atomic E-state index is -0.274. The molecular formula is C27H36FN5O2. The number of aromatic nitrogens is 2. The van der Waals surface area contributed by atoms with E-state index in [4.69, 9.17) is 4.98 Å². The van der Waals surface area contributed by atoms with E-state index in [9.17, 15) is 14.0 Å². The molecule has 7 nitrogen and oxygen atoms in total. The lowest BCUT2D eigenvalue weighted by atomic mass is 9.94. The smallest absolute Gasteiger partial charge is 0.219 e. The highest BCUT2D eigenvalue weighted by atomic mass is 19.1. The Hall–Kier alpha value is -2.74. The molecule has 5 rings (SSSR count). The Labute approximate surface area is 206 Å². The minimum Gasteiger partial charge on any atom is -0.349 e. The molecule has 1 N–H and O–H groups in total. The molecule has 2 fully saturated rings. The second-order valence-corrected chi connectivity index (χ2v) is 10.5. The van der Waals surface area contributed by atoms with Crippen LogP contribution in [-0.2, 0) is 22.6 Å². The Morgan fingerprint density at radius 2 is 1.91 bits per heavy atom. The molecule has 2 bridgehead atoms. The minimum absolute atomic E-state index is 0.0929. The summed E-state index contributed by atoms with van der Waals surface area (Å²) in [5, 5.41) is 3.02. The first-order valence-electron chi connectivity index (χ1n) is 12.9. The fourth-order valence-electron chi connectivity index (χ4n) is 6.68. The lowest BCUT2D eigenvalue weighted by Gasteiger charge is -2.41. The molecule has 0 radical (unpaired) electrons. The number of carbonyl (C=O) groups excluding carboxylic acids is 2. The number of hydrogen-bond acceptors (Lipinski definition) is 4. The maximum atomic E-state index is 13.8. The van der Waals surface area contributed by atoms with E-state index in [0.29, 0.717) is 24.7 Å². The van der Waals surface area contributed by atoms with Gasteiger partial charge in [-0.3, -0.25) is 14.5 Å². The Morgan fingerprint density at radius 1 is 1.17 bits per heavy atom. The van der Waals surface area contributed by atoms with Crippen molar-refractivity contribution >= 4 is 11.8 Å². The second kappa shape index (κ2) is 9.72. The highest BCUT2D eigenvalue weighted by molar-refractivity contribution is 5.73. The van der Waals surface area contributed by atoms with Gasteiger partial charge in [-0.15, -0.1) is 0 Å². The van der Waals surface area contributed by atoms with Gasteiger partial charge in [0.2, 0.25) is 11.8 Å². The Morgan fingerprint density at radius 3 is 2.57 bits per heavy atom. The fourth-order valence-corrected chi connectivity index (χ4v) is 6.68. The summed E-state index contributed by atoms with van der Waals surface area (Å²) in [5.41, 5.74) is 3.20. The van der Waals surface area contributed by atoms with Crippen LogP contribution in [0.25, 0.3) is 0 Å². The molecule has 2 amide bonds. The van der Waals surface area contributed by atoms with Gasteiger partial charge in [-0.1, -0.05) is 12.1 Å². The summed E-state index contributed by atoms with van der Waals surface area (Å²) in [6.45, 7) is 7.52. The number of nitrogens with zero attached hydrogens (tertiary/aromatic N) is 4. The van der Waals surface area contributed by atoms with Crippen molar-refractivity contribution in [1.29, 1.82) is 0 Å². The number of benzene rings is 1. The zero-order valence-electron chi connectivity index (χ0n) is 21.0. The molecule has 4 heterocycles. The third-order valence-corrected chi connectivity index (χ3v) is 8.20. The van der Waals surface area contributed by atoms with Crippen LogP contribution in [0.2, 0.25) is 0 Å². The molecule has 0 unspecified atom stereocenters. The topological polar surface area (TPSA) is 70.5 Å². The Bertz CT molecular complexity index is 1100. The number of halogens is 1. The summed E-state index contributed by atoms with van der Waals surface area (Å²) < 4.78 is 16.3. The molecule has 35 heavy (non-hydrogen) atoms. The molecule has 0 saturated carbocycles. The van der Waals surface area contributed by atoms with Gasteiger partial charge in [-0.2, -0.15) is 0 Å². The maximum Gasteiger partial charge on any atom is 0.219 e. The van der Waals surface area contributed by atoms with Crippen LogP contribution in [-0.4, -0.2) is 56.3 Å². The summed E-state index contributed by atoms with van der Waals surface area (Å²) in [6.07, 6.45) is 6.22. The van der Waals surface area contributed by atoms with E-state index in [1.165, 1.54) is 37.6 Å². The summed E-state index contributed by atoms with van der Waals surface area (Å²) >= 11 is 0. The van der Waals surface area contributed by atoms with Crippen LogP contribution in [0.15, 0.2) is 24.3 Å². The SMILES string of the molecule is CC(=O)N[C@@H](CCN1[C@@H]2CC[C@H]1C[C@@H](n1c(C)nc3c1CCN(C(C)=O)C3)C2)c1cccc(F)c1. The van der Waals surface area contributed by atoms with Crippen molar-refractivity contribution in [3.8, 4) is 0 Å². The van der Waals surface area contributed by atoms with Crippen molar-refractivity contribution in [2.75, 3.05) is 13.1 Å². The average molecular weight is 482 g/mol. The molecule has 1 aromatic carbocycles. The van der Waals surface area contributed by atoms with Gasteiger partial charge in [0.1, 0.15) is 11.6 Å². The quantitative estimate of drug-likeness (QED) is 0.684. The van der Waals surface area contributed by atoms with Crippen LogP contribution in [0, 0.1) is 12.7 Å². The zero-order valence-corrected chi connectivity index (χ0v) is 21.0. The van der Waals surface area contributed by atoms with Gasteiger partial charge in [-0.25, -0.2) is 9.37 Å². The first-order valence-corrected chi connectivity index (χ1v) is 12.9. The van der Waals surface area contributed by atoms with E-state index in [1.54, 1.807) is 13.0 Å². The monoisotopic (exact) mass is 481 g/mol. The highest BCUT2D eigenvalue weighted by Gasteiger charge is 2.42. The van der Waals surface area contributed by atoms with E-state index in [2.05, 4.69) is 21.7 Å². The highest BCUT2D eigenvalue weighted by Crippen LogP contribution is 2.42. The van der Waals surface area contributed by atoms with Crippen LogP contribution in [0.1, 0.15) is 80.8 Å². The van der Waals surface area contributed by atoms with E-state index in [0.717, 1.165) is 55.9 Å². The number of hydrogen-bond donors (Lipinski definition) is 1. The van der Waals surface area contributed by atoms with Crippen molar-refractivity contribution in [3.63, 3.8) is 0 Å². The molecule has 8 heteroatoms. The van der Waals surface area contributed by atoms with Gasteiger partial charge in [0.25, 0.3) is 0 Å². The molecular weight excluding hydrogens is 445 g/mol. The molecule has 4 atom stereocenters. The lowest BCUT2D eigenvalue weighted by molar-refractivity contribution is -0.129.